The normalized spacial score (nSPS) is 22.7. The number of carboxylic acids is 1. The average Bonchev–Trinajstić information content (AvgIpc) is 3.38. The second-order valence-electron chi connectivity index (χ2n) is 11.9. The number of aliphatic carboxylic acids is 1. The molecule has 1 spiro atoms. The largest absolute Gasteiger partial charge is 0.490 e. The van der Waals surface area contributed by atoms with Crippen LogP contribution in [0.3, 0.4) is 0 Å². The quantitative estimate of drug-likeness (QED) is 0.262. The van der Waals surface area contributed by atoms with E-state index in [1.807, 2.05) is 26.8 Å². The molecule has 2 heterocycles. The van der Waals surface area contributed by atoms with E-state index in [4.69, 9.17) is 38.2 Å². The molecule has 1 amide bonds. The minimum atomic E-state index is -5.08. The number of carbonyl (C=O) groups excluding carboxylic acids is 3. The first-order valence-electron chi connectivity index (χ1n) is 13.6. The van der Waals surface area contributed by atoms with Gasteiger partial charge in [-0.15, -0.1) is 0 Å². The number of amides is 1. The minimum Gasteiger partial charge on any atom is -0.475 e. The highest BCUT2D eigenvalue weighted by molar-refractivity contribution is 6.31. The van der Waals surface area contributed by atoms with Crippen LogP contribution < -0.4 is 10.6 Å². The summed E-state index contributed by atoms with van der Waals surface area (Å²) in [5, 5.41) is 22.9. The summed E-state index contributed by atoms with van der Waals surface area (Å²) in [5.41, 5.74) is 0.0189. The Morgan fingerprint density at radius 3 is 2.23 bits per heavy atom. The molecule has 240 valence electrons. The van der Waals surface area contributed by atoms with Crippen LogP contribution in [0, 0.1) is 11.2 Å². The highest BCUT2D eigenvalue weighted by atomic mass is 35.5. The lowest BCUT2D eigenvalue weighted by Crippen LogP contribution is -2.49. The fraction of sp³-hybridized carbons (Fsp3) is 0.467. The number of fused-ring (bicyclic) bond motifs is 2. The summed E-state index contributed by atoms with van der Waals surface area (Å²) < 4.78 is 46.6. The molecule has 4 N–H and O–H groups in total. The van der Waals surface area contributed by atoms with Crippen molar-refractivity contribution in [2.45, 2.75) is 76.0 Å². The molecule has 0 saturated carbocycles. The number of alkyl halides is 3. The zero-order valence-electron chi connectivity index (χ0n) is 24.0. The third-order valence-corrected chi connectivity index (χ3v) is 8.08. The van der Waals surface area contributed by atoms with Crippen LogP contribution >= 0.6 is 23.2 Å². The van der Waals surface area contributed by atoms with Crippen molar-refractivity contribution in [3.05, 3.63) is 63.4 Å². The summed E-state index contributed by atoms with van der Waals surface area (Å²) in [4.78, 5) is 48.2. The SMILES string of the molecule is CC(C)(C)C[C@H]1N[C@@H](C(=O)CCCC(=O)CO)[C@H](c2cccc(Cl)c2)[C@@]12C(=O)Nc1cc(Cl)c(F)cc12.O=C(O)C(F)(F)F. The predicted octanol–water partition coefficient (Wildman–Crippen LogP) is 5.82. The number of carbonyl (C=O) groups is 4. The van der Waals surface area contributed by atoms with Crippen LogP contribution in [0.5, 0.6) is 0 Å². The Morgan fingerprint density at radius 1 is 1.05 bits per heavy atom. The molecule has 1 saturated heterocycles. The van der Waals surface area contributed by atoms with Crippen LogP contribution in [-0.4, -0.2) is 58.5 Å². The lowest BCUT2D eigenvalue weighted by molar-refractivity contribution is -0.192. The van der Waals surface area contributed by atoms with Crippen LogP contribution in [0.25, 0.3) is 0 Å². The van der Waals surface area contributed by atoms with E-state index in [2.05, 4.69) is 10.6 Å². The van der Waals surface area contributed by atoms with E-state index >= 15 is 0 Å². The summed E-state index contributed by atoms with van der Waals surface area (Å²) >= 11 is 12.4. The number of anilines is 1. The molecule has 2 aromatic rings. The molecule has 0 bridgehead atoms. The van der Waals surface area contributed by atoms with Crippen LogP contribution in [0.15, 0.2) is 36.4 Å². The molecule has 14 heteroatoms. The van der Waals surface area contributed by atoms with E-state index in [-0.39, 0.29) is 47.2 Å². The molecule has 2 aliphatic rings. The van der Waals surface area contributed by atoms with Gasteiger partial charge in [0.1, 0.15) is 23.6 Å². The van der Waals surface area contributed by atoms with Gasteiger partial charge in [-0.05, 0) is 53.6 Å². The van der Waals surface area contributed by atoms with Crippen LogP contribution in [0.4, 0.5) is 23.2 Å². The lowest BCUT2D eigenvalue weighted by Gasteiger charge is -2.37. The van der Waals surface area contributed by atoms with Gasteiger partial charge in [-0.25, -0.2) is 9.18 Å². The van der Waals surface area contributed by atoms with Gasteiger partial charge < -0.3 is 20.8 Å². The summed E-state index contributed by atoms with van der Waals surface area (Å²) in [6.07, 6.45) is -4.11. The third kappa shape index (κ3) is 7.59. The topological polar surface area (TPSA) is 133 Å². The van der Waals surface area contributed by atoms with E-state index in [0.29, 0.717) is 28.3 Å². The molecule has 2 aromatic carbocycles. The van der Waals surface area contributed by atoms with Gasteiger partial charge in [0.15, 0.2) is 5.78 Å². The van der Waals surface area contributed by atoms with Crippen molar-refractivity contribution in [1.82, 2.24) is 5.32 Å². The number of halogens is 6. The number of ketones is 2. The Labute approximate surface area is 261 Å². The Bertz CT molecular complexity index is 1450. The highest BCUT2D eigenvalue weighted by Crippen LogP contribution is 2.57. The van der Waals surface area contributed by atoms with Crippen molar-refractivity contribution in [3.63, 3.8) is 0 Å². The molecule has 0 radical (unpaired) electrons. The molecule has 2 aliphatic heterocycles. The summed E-state index contributed by atoms with van der Waals surface area (Å²) in [6, 6.07) is 8.47. The number of carboxylic acid groups (broad SMARTS) is 1. The van der Waals surface area contributed by atoms with Gasteiger partial charge >= 0.3 is 12.1 Å². The van der Waals surface area contributed by atoms with Crippen molar-refractivity contribution in [2.75, 3.05) is 11.9 Å². The van der Waals surface area contributed by atoms with E-state index in [0.717, 1.165) is 0 Å². The van der Waals surface area contributed by atoms with E-state index in [1.54, 1.807) is 18.2 Å². The van der Waals surface area contributed by atoms with Crippen molar-refractivity contribution < 1.29 is 47.0 Å². The Balaban J connectivity index is 0.000000676. The Kier molecular flexibility index (Phi) is 10.9. The molecule has 0 aromatic heterocycles. The van der Waals surface area contributed by atoms with Gasteiger partial charge in [0, 0.05) is 35.5 Å². The molecule has 44 heavy (non-hydrogen) atoms. The number of Topliss-reactive ketones (excluding diaryl/α,β-unsaturated/α-hetero) is 2. The average molecular weight is 663 g/mol. The first-order valence-corrected chi connectivity index (χ1v) is 14.4. The first-order chi connectivity index (χ1) is 20.3. The van der Waals surface area contributed by atoms with Gasteiger partial charge in [0.25, 0.3) is 0 Å². The van der Waals surface area contributed by atoms with Gasteiger partial charge in [-0.2, -0.15) is 13.2 Å². The van der Waals surface area contributed by atoms with Gasteiger partial charge in [0.05, 0.1) is 11.1 Å². The summed E-state index contributed by atoms with van der Waals surface area (Å²) in [5.74, 6) is -4.93. The number of aliphatic hydroxyl groups excluding tert-OH is 1. The molecular formula is C30H32Cl2F4N2O6. The van der Waals surface area contributed by atoms with E-state index in [9.17, 15) is 31.9 Å². The van der Waals surface area contributed by atoms with Crippen LogP contribution in [0.2, 0.25) is 10.0 Å². The van der Waals surface area contributed by atoms with Crippen molar-refractivity contribution >= 4 is 52.3 Å². The maximum atomic E-state index is 14.9. The number of hydrogen-bond acceptors (Lipinski definition) is 6. The summed E-state index contributed by atoms with van der Waals surface area (Å²) in [7, 11) is 0. The fourth-order valence-electron chi connectivity index (χ4n) is 5.88. The zero-order chi connectivity index (χ0) is 33.2. The number of aliphatic hydroxyl groups is 1. The first kappa shape index (κ1) is 35.4. The molecule has 1 fully saturated rings. The maximum absolute atomic E-state index is 14.9. The van der Waals surface area contributed by atoms with Crippen LogP contribution in [0.1, 0.15) is 63.5 Å². The van der Waals surface area contributed by atoms with E-state index < -0.39 is 48.0 Å². The van der Waals surface area contributed by atoms with Gasteiger partial charge in [0.2, 0.25) is 5.91 Å². The minimum absolute atomic E-state index is 0.0837. The molecule has 4 atom stereocenters. The molecule has 4 rings (SSSR count). The standard InChI is InChI=1S/C28H31Cl2FN2O4.C2HF3O2/c1-27(2,3)13-23-28(18-11-20(31)19(30)12-21(18)32-26(28)37)24(15-6-4-7-16(29)10-15)25(33-23)22(36)9-5-8-17(35)14-34;3-2(4,5)1(6)7/h4,6-7,10-12,23-25,33-34H,5,8-9,13-14H2,1-3H3,(H,32,37);(H,6,7)/t23-,24+,25+,28+;/m1./s1. The van der Waals surface area contributed by atoms with Crippen molar-refractivity contribution in [3.8, 4) is 0 Å². The second kappa shape index (κ2) is 13.5. The number of rotatable bonds is 8. The molecule has 8 nitrogen and oxygen atoms in total. The number of nitrogens with one attached hydrogen (secondary N) is 2. The van der Waals surface area contributed by atoms with Crippen molar-refractivity contribution in [2.24, 2.45) is 5.41 Å². The molecular weight excluding hydrogens is 631 g/mol. The van der Waals surface area contributed by atoms with Crippen LogP contribution in [-0.2, 0) is 24.6 Å². The summed E-state index contributed by atoms with van der Waals surface area (Å²) in [6.45, 7) is 5.57. The number of hydrogen-bond donors (Lipinski definition) is 4. The molecule has 0 unspecified atom stereocenters. The second-order valence-corrected chi connectivity index (χ2v) is 12.8. The van der Waals surface area contributed by atoms with Gasteiger partial charge in [-0.3, -0.25) is 14.4 Å². The smallest absolute Gasteiger partial charge is 0.475 e. The van der Waals surface area contributed by atoms with Crippen molar-refractivity contribution in [1.29, 1.82) is 0 Å². The fourth-order valence-corrected chi connectivity index (χ4v) is 6.24. The van der Waals surface area contributed by atoms with Gasteiger partial charge in [-0.1, -0.05) is 56.1 Å². The third-order valence-electron chi connectivity index (χ3n) is 7.55. The maximum Gasteiger partial charge on any atom is 0.490 e. The molecule has 0 aliphatic carbocycles. The predicted molar refractivity (Wildman–Crippen MR) is 155 cm³/mol. The monoisotopic (exact) mass is 662 g/mol. The lowest BCUT2D eigenvalue weighted by atomic mass is 9.62. The Hall–Kier alpha value is -3.06. The highest BCUT2D eigenvalue weighted by Gasteiger charge is 2.65. The zero-order valence-corrected chi connectivity index (χ0v) is 25.5. The Morgan fingerprint density at radius 2 is 1.68 bits per heavy atom. The number of benzene rings is 2. The van der Waals surface area contributed by atoms with E-state index in [1.165, 1.54) is 12.1 Å².